The van der Waals surface area contributed by atoms with Crippen LogP contribution in [-0.2, 0) is 17.9 Å². The summed E-state index contributed by atoms with van der Waals surface area (Å²) < 4.78 is 24.3. The van der Waals surface area contributed by atoms with Gasteiger partial charge in [-0.15, -0.1) is 0 Å². The normalized spacial score (nSPS) is 16.5. The topological polar surface area (TPSA) is 38.8 Å². The van der Waals surface area contributed by atoms with Gasteiger partial charge in [0.1, 0.15) is 5.82 Å². The minimum absolute atomic E-state index is 0.0331. The Bertz CT molecular complexity index is 880. The van der Waals surface area contributed by atoms with Crippen LogP contribution in [0.4, 0.5) is 4.39 Å². The molecule has 1 amide bonds. The maximum absolute atomic E-state index is 13.5. The summed E-state index contributed by atoms with van der Waals surface area (Å²) in [6, 6.07) is 10.1. The van der Waals surface area contributed by atoms with E-state index in [1.54, 1.807) is 6.07 Å². The molecule has 2 aromatic carbocycles. The van der Waals surface area contributed by atoms with E-state index < -0.39 is 0 Å². The first kappa shape index (κ1) is 20.0. The number of benzene rings is 2. The smallest absolute Gasteiger partial charge is 0.231 e. The van der Waals surface area contributed by atoms with Crippen LogP contribution in [0.25, 0.3) is 0 Å². The predicted molar refractivity (Wildman–Crippen MR) is 109 cm³/mol. The summed E-state index contributed by atoms with van der Waals surface area (Å²) in [6.45, 7) is 1.01. The predicted octanol–water partition coefficient (Wildman–Crippen LogP) is 5.71. The highest BCUT2D eigenvalue weighted by Crippen LogP contribution is 2.34. The Morgan fingerprint density at radius 3 is 2.52 bits per heavy atom. The first-order valence-corrected chi connectivity index (χ1v) is 10.6. The van der Waals surface area contributed by atoms with Crippen molar-refractivity contribution >= 4 is 17.5 Å². The molecular formula is C23H25ClFNO3. The zero-order valence-corrected chi connectivity index (χ0v) is 17.1. The first-order valence-electron chi connectivity index (χ1n) is 10.2. The van der Waals surface area contributed by atoms with Crippen LogP contribution in [-0.4, -0.2) is 17.6 Å². The van der Waals surface area contributed by atoms with Crippen molar-refractivity contribution in [2.75, 3.05) is 6.79 Å². The minimum Gasteiger partial charge on any atom is -0.454 e. The molecule has 6 heteroatoms. The number of amides is 1. The summed E-state index contributed by atoms with van der Waals surface area (Å²) in [4.78, 5) is 15.3. The number of hydrogen-bond donors (Lipinski definition) is 0. The Labute approximate surface area is 175 Å². The fourth-order valence-electron chi connectivity index (χ4n) is 4.11. The lowest BCUT2D eigenvalue weighted by Gasteiger charge is -2.28. The number of hydrogen-bond acceptors (Lipinski definition) is 3. The highest BCUT2D eigenvalue weighted by Gasteiger charge is 2.26. The molecule has 29 heavy (non-hydrogen) atoms. The summed E-state index contributed by atoms with van der Waals surface area (Å²) in [5.41, 5.74) is 1.71. The van der Waals surface area contributed by atoms with E-state index in [4.69, 9.17) is 21.1 Å². The van der Waals surface area contributed by atoms with E-state index >= 15 is 0 Å². The van der Waals surface area contributed by atoms with Gasteiger partial charge in [0, 0.05) is 24.0 Å². The lowest BCUT2D eigenvalue weighted by atomic mass is 9.98. The van der Waals surface area contributed by atoms with E-state index in [0.717, 1.165) is 42.6 Å². The van der Waals surface area contributed by atoms with Crippen molar-refractivity contribution in [2.24, 2.45) is 5.92 Å². The van der Waals surface area contributed by atoms with E-state index in [2.05, 4.69) is 0 Å². The highest BCUT2D eigenvalue weighted by atomic mass is 35.5. The van der Waals surface area contributed by atoms with Gasteiger partial charge < -0.3 is 14.4 Å². The Morgan fingerprint density at radius 1 is 1.00 bits per heavy atom. The molecule has 1 saturated carbocycles. The van der Waals surface area contributed by atoms with E-state index in [1.165, 1.54) is 25.0 Å². The number of carbonyl (C=O) groups excluding carboxylic acids is 1. The van der Waals surface area contributed by atoms with Crippen LogP contribution in [0.2, 0.25) is 5.02 Å². The monoisotopic (exact) mass is 417 g/mol. The molecule has 0 spiro atoms. The number of rotatable bonds is 5. The molecule has 0 atom stereocenters. The van der Waals surface area contributed by atoms with E-state index in [1.807, 2.05) is 23.1 Å². The number of carbonyl (C=O) groups is 1. The molecule has 0 saturated heterocycles. The van der Waals surface area contributed by atoms with Crippen molar-refractivity contribution in [2.45, 2.75) is 51.6 Å². The molecular weight excluding hydrogens is 393 g/mol. The van der Waals surface area contributed by atoms with Gasteiger partial charge in [-0.1, -0.05) is 49.4 Å². The van der Waals surface area contributed by atoms with Crippen LogP contribution in [0.3, 0.4) is 0 Å². The first-order chi connectivity index (χ1) is 14.1. The summed E-state index contributed by atoms with van der Waals surface area (Å²) in [7, 11) is 0. The molecule has 0 radical (unpaired) electrons. The lowest BCUT2D eigenvalue weighted by Crippen LogP contribution is -2.35. The molecule has 4 nitrogen and oxygen atoms in total. The third kappa shape index (κ3) is 4.84. The number of halogens is 2. The Kier molecular flexibility index (Phi) is 6.24. The average Bonchev–Trinajstić information content (AvgIpc) is 3.00. The van der Waals surface area contributed by atoms with Gasteiger partial charge in [0.2, 0.25) is 12.7 Å². The summed E-state index contributed by atoms with van der Waals surface area (Å²) in [6.07, 6.45) is 6.41. The molecule has 0 unspecified atom stereocenters. The summed E-state index contributed by atoms with van der Waals surface area (Å²) >= 11 is 6.26. The number of nitrogens with zero attached hydrogens (tertiary/aromatic N) is 1. The lowest BCUT2D eigenvalue weighted by molar-refractivity contribution is -0.137. The molecule has 154 valence electrons. The van der Waals surface area contributed by atoms with Crippen LogP contribution in [0, 0.1) is 11.7 Å². The van der Waals surface area contributed by atoms with Gasteiger partial charge in [0.15, 0.2) is 11.5 Å². The van der Waals surface area contributed by atoms with Gasteiger partial charge in [-0.3, -0.25) is 4.79 Å². The fraction of sp³-hybridized carbons (Fsp3) is 0.435. The van der Waals surface area contributed by atoms with Crippen LogP contribution in [0.5, 0.6) is 11.5 Å². The second-order valence-corrected chi connectivity index (χ2v) is 8.21. The Morgan fingerprint density at radius 2 is 1.76 bits per heavy atom. The zero-order chi connectivity index (χ0) is 20.2. The molecule has 4 rings (SSSR count). The third-order valence-corrected chi connectivity index (χ3v) is 6.05. The number of fused-ring (bicyclic) bond motifs is 1. The maximum Gasteiger partial charge on any atom is 0.231 e. The van der Waals surface area contributed by atoms with Crippen molar-refractivity contribution < 1.29 is 18.7 Å². The average molecular weight is 418 g/mol. The van der Waals surface area contributed by atoms with Gasteiger partial charge in [0.05, 0.1) is 0 Å². The van der Waals surface area contributed by atoms with Crippen LogP contribution in [0.15, 0.2) is 36.4 Å². The van der Waals surface area contributed by atoms with Crippen LogP contribution < -0.4 is 9.47 Å². The van der Waals surface area contributed by atoms with Crippen LogP contribution in [0.1, 0.15) is 49.7 Å². The maximum atomic E-state index is 13.5. The SMILES string of the molecule is O=C(C1CCCCCC1)N(Cc1ccc2c(c1)OCO2)Cc1ccc(F)cc1Cl. The molecule has 2 aromatic rings. The van der Waals surface area contributed by atoms with Gasteiger partial charge in [0.25, 0.3) is 0 Å². The molecule has 1 heterocycles. The summed E-state index contributed by atoms with van der Waals surface area (Å²) in [5.74, 6) is 1.22. The summed E-state index contributed by atoms with van der Waals surface area (Å²) in [5, 5.41) is 0.342. The number of ether oxygens (including phenoxy) is 2. The molecule has 1 aliphatic carbocycles. The van der Waals surface area contributed by atoms with Gasteiger partial charge >= 0.3 is 0 Å². The van der Waals surface area contributed by atoms with Crippen molar-refractivity contribution in [3.05, 3.63) is 58.4 Å². The zero-order valence-electron chi connectivity index (χ0n) is 16.3. The van der Waals surface area contributed by atoms with Gasteiger partial charge in [-0.2, -0.15) is 0 Å². The van der Waals surface area contributed by atoms with Crippen molar-refractivity contribution in [1.29, 1.82) is 0 Å². The molecule has 0 aromatic heterocycles. The van der Waals surface area contributed by atoms with E-state index in [0.29, 0.717) is 23.9 Å². The molecule has 1 aliphatic heterocycles. The molecule has 1 fully saturated rings. The van der Waals surface area contributed by atoms with Crippen LogP contribution >= 0.6 is 11.6 Å². The van der Waals surface area contributed by atoms with Gasteiger partial charge in [-0.25, -0.2) is 4.39 Å². The quantitative estimate of drug-likeness (QED) is 0.585. The second-order valence-electron chi connectivity index (χ2n) is 7.81. The van der Waals surface area contributed by atoms with E-state index in [9.17, 15) is 9.18 Å². The van der Waals surface area contributed by atoms with Crippen molar-refractivity contribution in [1.82, 2.24) is 4.90 Å². The molecule has 0 N–H and O–H groups in total. The molecule has 0 bridgehead atoms. The standard InChI is InChI=1S/C23H25ClFNO3/c24-20-12-19(25)9-8-18(20)14-26(23(27)17-5-3-1-2-4-6-17)13-16-7-10-21-22(11-16)29-15-28-21/h7-12,17H,1-6,13-15H2. The third-order valence-electron chi connectivity index (χ3n) is 5.70. The largest absolute Gasteiger partial charge is 0.454 e. The molecule has 2 aliphatic rings. The van der Waals surface area contributed by atoms with Crippen molar-refractivity contribution in [3.8, 4) is 11.5 Å². The fourth-order valence-corrected chi connectivity index (χ4v) is 4.34. The Balaban J connectivity index is 1.58. The second kappa shape index (κ2) is 9.04. The minimum atomic E-state index is -0.379. The Hall–Kier alpha value is -2.27. The highest BCUT2D eigenvalue weighted by molar-refractivity contribution is 6.31. The van der Waals surface area contributed by atoms with Crippen molar-refractivity contribution in [3.63, 3.8) is 0 Å². The van der Waals surface area contributed by atoms with E-state index in [-0.39, 0.29) is 24.4 Å². The van der Waals surface area contributed by atoms with Gasteiger partial charge in [-0.05, 0) is 48.2 Å².